The van der Waals surface area contributed by atoms with Crippen LogP contribution in [0.1, 0.15) is 17.9 Å². The van der Waals surface area contributed by atoms with Crippen molar-refractivity contribution in [3.05, 3.63) is 72.1 Å². The van der Waals surface area contributed by atoms with E-state index in [2.05, 4.69) is 10.2 Å². The van der Waals surface area contributed by atoms with Gasteiger partial charge in [-0.2, -0.15) is 0 Å². The van der Waals surface area contributed by atoms with Gasteiger partial charge in [-0.05, 0) is 24.1 Å². The summed E-state index contributed by atoms with van der Waals surface area (Å²) in [6, 6.07) is 18.6. The molecule has 0 saturated carbocycles. The molecule has 2 aromatic carbocycles. The van der Waals surface area contributed by atoms with Crippen LogP contribution in [-0.2, 0) is 21.1 Å². The second-order valence-corrected chi connectivity index (χ2v) is 10.2. The van der Waals surface area contributed by atoms with Gasteiger partial charge in [0.05, 0.1) is 29.7 Å². The van der Waals surface area contributed by atoms with Gasteiger partial charge in [0.1, 0.15) is 0 Å². The van der Waals surface area contributed by atoms with E-state index in [1.807, 2.05) is 60.7 Å². The summed E-state index contributed by atoms with van der Waals surface area (Å²) < 4.78 is 29.6. The van der Waals surface area contributed by atoms with E-state index in [1.54, 1.807) is 4.90 Å². The average molecular weight is 444 g/mol. The van der Waals surface area contributed by atoms with Gasteiger partial charge in [-0.3, -0.25) is 4.79 Å². The summed E-state index contributed by atoms with van der Waals surface area (Å²) >= 11 is 1.16. The molecule has 1 amide bonds. The Labute approximate surface area is 179 Å². The van der Waals surface area contributed by atoms with E-state index in [0.29, 0.717) is 29.6 Å². The Kier molecular flexibility index (Phi) is 6.19. The predicted molar refractivity (Wildman–Crippen MR) is 115 cm³/mol. The molecule has 156 valence electrons. The number of carbonyl (C=O) groups excluding carboxylic acids is 1. The van der Waals surface area contributed by atoms with E-state index in [4.69, 9.17) is 4.42 Å². The largest absolute Gasteiger partial charge is 0.416 e. The minimum Gasteiger partial charge on any atom is -0.416 e. The van der Waals surface area contributed by atoms with Gasteiger partial charge in [-0.1, -0.05) is 60.3 Å². The first kappa shape index (κ1) is 20.6. The Hall–Kier alpha value is -2.65. The number of sulfone groups is 1. The van der Waals surface area contributed by atoms with Crippen LogP contribution in [0.3, 0.4) is 0 Å². The molecule has 9 heteroatoms. The Balaban J connectivity index is 1.43. The van der Waals surface area contributed by atoms with E-state index < -0.39 is 9.84 Å². The molecule has 1 aromatic heterocycles. The minimum absolute atomic E-state index is 0.0138. The maximum absolute atomic E-state index is 13.0. The van der Waals surface area contributed by atoms with Crippen molar-refractivity contribution < 1.29 is 17.6 Å². The first-order valence-electron chi connectivity index (χ1n) is 9.57. The van der Waals surface area contributed by atoms with Crippen LogP contribution in [0.15, 0.2) is 70.3 Å². The number of rotatable bonds is 7. The highest BCUT2D eigenvalue weighted by Crippen LogP contribution is 2.26. The second-order valence-electron chi connectivity index (χ2n) is 7.07. The third-order valence-electron chi connectivity index (χ3n) is 4.84. The van der Waals surface area contributed by atoms with Gasteiger partial charge in [-0.25, -0.2) is 8.42 Å². The van der Waals surface area contributed by atoms with Crippen molar-refractivity contribution in [3.8, 4) is 0 Å². The Morgan fingerprint density at radius 3 is 2.43 bits per heavy atom. The Morgan fingerprint density at radius 2 is 1.77 bits per heavy atom. The summed E-state index contributed by atoms with van der Waals surface area (Å²) in [6.45, 7) is 0. The fraction of sp³-hybridized carbons (Fsp3) is 0.286. The summed E-state index contributed by atoms with van der Waals surface area (Å²) in [6.07, 6.45) is 0.966. The predicted octanol–water partition coefficient (Wildman–Crippen LogP) is 2.97. The third-order valence-corrected chi connectivity index (χ3v) is 7.40. The maximum atomic E-state index is 13.0. The van der Waals surface area contributed by atoms with Crippen molar-refractivity contribution in [1.29, 1.82) is 0 Å². The molecule has 1 aliphatic heterocycles. The summed E-state index contributed by atoms with van der Waals surface area (Å²) in [5, 5.41) is 8.38. The normalized spacial score (nSPS) is 17.7. The molecule has 0 aliphatic carbocycles. The zero-order chi connectivity index (χ0) is 21.0. The molecule has 7 nitrogen and oxygen atoms in total. The molecule has 1 saturated heterocycles. The van der Waals surface area contributed by atoms with Crippen molar-refractivity contribution >= 4 is 33.2 Å². The molecule has 0 spiro atoms. The molecule has 0 unspecified atom stereocenters. The number of nitrogens with zero attached hydrogens (tertiary/aromatic N) is 3. The van der Waals surface area contributed by atoms with Crippen LogP contribution in [0, 0.1) is 0 Å². The van der Waals surface area contributed by atoms with Crippen LogP contribution in [0.25, 0.3) is 0 Å². The van der Waals surface area contributed by atoms with Crippen LogP contribution < -0.4 is 4.90 Å². The lowest BCUT2D eigenvalue weighted by molar-refractivity contribution is -0.116. The fourth-order valence-corrected chi connectivity index (χ4v) is 5.80. The first-order valence-corrected chi connectivity index (χ1v) is 12.4. The van der Waals surface area contributed by atoms with Crippen molar-refractivity contribution in [2.24, 2.45) is 0 Å². The van der Waals surface area contributed by atoms with Crippen LogP contribution >= 0.6 is 11.8 Å². The monoisotopic (exact) mass is 443 g/mol. The highest BCUT2D eigenvalue weighted by molar-refractivity contribution is 7.99. The van der Waals surface area contributed by atoms with E-state index in [0.717, 1.165) is 17.3 Å². The number of benzene rings is 2. The van der Waals surface area contributed by atoms with Crippen LogP contribution in [-0.4, -0.2) is 47.8 Å². The number of hydrogen-bond donors (Lipinski definition) is 0. The number of hydrogen-bond acceptors (Lipinski definition) is 7. The molecule has 0 N–H and O–H groups in total. The highest BCUT2D eigenvalue weighted by atomic mass is 32.2. The second kappa shape index (κ2) is 9.01. The quantitative estimate of drug-likeness (QED) is 0.518. The molecular formula is C21H21N3O4S2. The highest BCUT2D eigenvalue weighted by Gasteiger charge is 2.35. The number of aromatic nitrogens is 2. The fourth-order valence-electron chi connectivity index (χ4n) is 3.46. The Bertz CT molecular complexity index is 1100. The third kappa shape index (κ3) is 5.09. The van der Waals surface area contributed by atoms with Crippen molar-refractivity contribution in [1.82, 2.24) is 10.2 Å². The molecule has 1 aliphatic rings. The molecule has 30 heavy (non-hydrogen) atoms. The number of amides is 1. The van der Waals surface area contributed by atoms with Crippen molar-refractivity contribution in [2.45, 2.75) is 24.1 Å². The molecule has 1 fully saturated rings. The average Bonchev–Trinajstić information content (AvgIpc) is 3.34. The van der Waals surface area contributed by atoms with Gasteiger partial charge in [0.15, 0.2) is 9.84 Å². The van der Waals surface area contributed by atoms with Crippen LogP contribution in [0.2, 0.25) is 0 Å². The van der Waals surface area contributed by atoms with Gasteiger partial charge in [0.2, 0.25) is 11.8 Å². The number of thioether (sulfide) groups is 1. The SMILES string of the molecule is O=C(CSc1nnc(Cc2ccccc2)o1)N(c1ccccc1)[C@@H]1CCS(=O)(=O)C1. The molecular weight excluding hydrogens is 422 g/mol. The summed E-state index contributed by atoms with van der Waals surface area (Å²) in [7, 11) is -3.12. The molecule has 0 radical (unpaired) electrons. The zero-order valence-corrected chi connectivity index (χ0v) is 17.8. The topological polar surface area (TPSA) is 93.4 Å². The Morgan fingerprint density at radius 1 is 1.07 bits per heavy atom. The first-order chi connectivity index (χ1) is 14.5. The lowest BCUT2D eigenvalue weighted by atomic mass is 10.2. The number of anilines is 1. The number of carbonyl (C=O) groups is 1. The summed E-state index contributed by atoms with van der Waals surface area (Å²) in [5.74, 6) is 0.473. The van der Waals surface area contributed by atoms with Crippen molar-refractivity contribution in [2.75, 3.05) is 22.2 Å². The van der Waals surface area contributed by atoms with Crippen LogP contribution in [0.5, 0.6) is 0 Å². The minimum atomic E-state index is -3.12. The van der Waals surface area contributed by atoms with E-state index in [1.165, 1.54) is 0 Å². The number of para-hydroxylation sites is 1. The molecule has 1 atom stereocenters. The molecule has 2 heterocycles. The summed E-state index contributed by atoms with van der Waals surface area (Å²) in [4.78, 5) is 14.6. The molecule has 4 rings (SSSR count). The maximum Gasteiger partial charge on any atom is 0.277 e. The molecule has 3 aromatic rings. The summed E-state index contributed by atoms with van der Waals surface area (Å²) in [5.41, 5.74) is 1.76. The smallest absolute Gasteiger partial charge is 0.277 e. The standard InChI is InChI=1S/C21H21N3O4S2/c25-20(14-29-21-23-22-19(28-21)13-16-7-3-1-4-8-16)24(17-9-5-2-6-10-17)18-11-12-30(26,27)15-18/h1-10,18H,11-15H2/t18-/m1/s1. The van der Waals surface area contributed by atoms with Gasteiger partial charge < -0.3 is 9.32 Å². The zero-order valence-electron chi connectivity index (χ0n) is 16.2. The van der Waals surface area contributed by atoms with Gasteiger partial charge in [0, 0.05) is 5.69 Å². The van der Waals surface area contributed by atoms with Gasteiger partial charge >= 0.3 is 0 Å². The van der Waals surface area contributed by atoms with E-state index in [9.17, 15) is 13.2 Å². The molecule has 0 bridgehead atoms. The lowest BCUT2D eigenvalue weighted by Crippen LogP contribution is -2.42. The van der Waals surface area contributed by atoms with E-state index >= 15 is 0 Å². The van der Waals surface area contributed by atoms with Crippen molar-refractivity contribution in [3.63, 3.8) is 0 Å². The lowest BCUT2D eigenvalue weighted by Gasteiger charge is -2.28. The van der Waals surface area contributed by atoms with Crippen LogP contribution in [0.4, 0.5) is 5.69 Å². The van der Waals surface area contributed by atoms with E-state index in [-0.39, 0.29) is 29.2 Å². The van der Waals surface area contributed by atoms with Gasteiger partial charge in [0.25, 0.3) is 5.22 Å². The van der Waals surface area contributed by atoms with Gasteiger partial charge in [-0.15, -0.1) is 10.2 Å².